The second-order valence-corrected chi connectivity index (χ2v) is 4.75. The Labute approximate surface area is 110 Å². The van der Waals surface area contributed by atoms with Gasteiger partial charge < -0.3 is 9.15 Å². The SMILES string of the molecule is C[C@@]1(Cc2ccoc2)N=C(c2ccccc2)OC1=O. The summed E-state index contributed by atoms with van der Waals surface area (Å²) in [6.45, 7) is 1.78. The van der Waals surface area contributed by atoms with Crippen molar-refractivity contribution in [1.29, 1.82) is 0 Å². The number of carbonyl (C=O) groups excluding carboxylic acids is 1. The van der Waals surface area contributed by atoms with Gasteiger partial charge in [-0.2, -0.15) is 0 Å². The van der Waals surface area contributed by atoms with Crippen LogP contribution >= 0.6 is 0 Å². The topological polar surface area (TPSA) is 51.8 Å². The summed E-state index contributed by atoms with van der Waals surface area (Å²) in [5.74, 6) is 0.0594. The van der Waals surface area contributed by atoms with Crippen molar-refractivity contribution >= 4 is 11.9 Å². The van der Waals surface area contributed by atoms with Crippen molar-refractivity contribution in [3.05, 3.63) is 60.1 Å². The van der Waals surface area contributed by atoms with Crippen LogP contribution in [0.1, 0.15) is 18.1 Å². The monoisotopic (exact) mass is 255 g/mol. The number of esters is 1. The first kappa shape index (κ1) is 11.7. The molecule has 0 saturated carbocycles. The summed E-state index contributed by atoms with van der Waals surface area (Å²) >= 11 is 0. The smallest absolute Gasteiger partial charge is 0.340 e. The molecule has 1 aromatic heterocycles. The molecule has 2 heterocycles. The lowest BCUT2D eigenvalue weighted by atomic mass is 9.96. The Morgan fingerprint density at radius 1 is 1.21 bits per heavy atom. The van der Waals surface area contributed by atoms with Gasteiger partial charge in [0.05, 0.1) is 12.5 Å². The molecule has 0 fully saturated rings. The number of ether oxygens (including phenoxy) is 1. The molecule has 4 nitrogen and oxygen atoms in total. The quantitative estimate of drug-likeness (QED) is 0.792. The van der Waals surface area contributed by atoms with E-state index in [4.69, 9.17) is 9.15 Å². The third kappa shape index (κ3) is 2.17. The van der Waals surface area contributed by atoms with Crippen LogP contribution < -0.4 is 0 Å². The number of rotatable bonds is 3. The summed E-state index contributed by atoms with van der Waals surface area (Å²) in [4.78, 5) is 16.5. The third-order valence-corrected chi connectivity index (χ3v) is 3.13. The molecule has 0 saturated heterocycles. The maximum Gasteiger partial charge on any atom is 0.340 e. The average Bonchev–Trinajstić information content (AvgIpc) is 3.00. The molecule has 0 aliphatic carbocycles. The highest BCUT2D eigenvalue weighted by Gasteiger charge is 2.42. The molecule has 96 valence electrons. The first-order valence-corrected chi connectivity index (χ1v) is 6.06. The number of furan rings is 1. The summed E-state index contributed by atoms with van der Waals surface area (Å²) in [5.41, 5.74) is 0.860. The van der Waals surface area contributed by atoms with Crippen molar-refractivity contribution < 1.29 is 13.9 Å². The van der Waals surface area contributed by atoms with Crippen LogP contribution in [0.3, 0.4) is 0 Å². The van der Waals surface area contributed by atoms with Crippen LogP contribution in [0.2, 0.25) is 0 Å². The predicted octanol–water partition coefficient (Wildman–Crippen LogP) is 2.58. The van der Waals surface area contributed by atoms with Gasteiger partial charge in [0.25, 0.3) is 0 Å². The molecule has 0 N–H and O–H groups in total. The van der Waals surface area contributed by atoms with Crippen LogP contribution in [0.15, 0.2) is 58.3 Å². The van der Waals surface area contributed by atoms with Gasteiger partial charge >= 0.3 is 5.97 Å². The molecule has 19 heavy (non-hydrogen) atoms. The van der Waals surface area contributed by atoms with Gasteiger partial charge in [-0.3, -0.25) is 0 Å². The van der Waals surface area contributed by atoms with Gasteiger partial charge in [0.1, 0.15) is 0 Å². The third-order valence-electron chi connectivity index (χ3n) is 3.13. The molecule has 4 heteroatoms. The molecule has 0 radical (unpaired) electrons. The minimum Gasteiger partial charge on any atom is -0.472 e. The number of cyclic esters (lactones) is 1. The summed E-state index contributed by atoms with van der Waals surface area (Å²) in [6.07, 6.45) is 3.67. The Balaban J connectivity index is 1.90. The molecule has 0 spiro atoms. The van der Waals surface area contributed by atoms with Crippen molar-refractivity contribution in [2.24, 2.45) is 4.99 Å². The Bertz CT molecular complexity index is 616. The van der Waals surface area contributed by atoms with Gasteiger partial charge in [0, 0.05) is 12.0 Å². The zero-order valence-electron chi connectivity index (χ0n) is 10.5. The van der Waals surface area contributed by atoms with E-state index in [1.165, 1.54) is 0 Å². The van der Waals surface area contributed by atoms with Crippen molar-refractivity contribution in [3.8, 4) is 0 Å². The molecule has 0 bridgehead atoms. The second kappa shape index (κ2) is 4.39. The van der Waals surface area contributed by atoms with E-state index in [0.717, 1.165) is 11.1 Å². The van der Waals surface area contributed by atoms with E-state index in [-0.39, 0.29) is 5.97 Å². The van der Waals surface area contributed by atoms with E-state index >= 15 is 0 Å². The van der Waals surface area contributed by atoms with Crippen LogP contribution in [0.5, 0.6) is 0 Å². The zero-order valence-corrected chi connectivity index (χ0v) is 10.5. The van der Waals surface area contributed by atoms with Gasteiger partial charge in [-0.25, -0.2) is 9.79 Å². The lowest BCUT2D eigenvalue weighted by Gasteiger charge is -2.14. The highest BCUT2D eigenvalue weighted by molar-refractivity contribution is 6.07. The summed E-state index contributed by atoms with van der Waals surface area (Å²) in [7, 11) is 0. The van der Waals surface area contributed by atoms with Gasteiger partial charge in [-0.05, 0) is 30.7 Å². The van der Waals surface area contributed by atoms with E-state index in [9.17, 15) is 4.79 Å². The molecule has 1 aliphatic heterocycles. The maximum absolute atomic E-state index is 12.0. The van der Waals surface area contributed by atoms with E-state index in [0.29, 0.717) is 12.3 Å². The number of carbonyl (C=O) groups is 1. The van der Waals surface area contributed by atoms with Crippen LogP contribution in [0.4, 0.5) is 0 Å². The molecule has 0 amide bonds. The van der Waals surface area contributed by atoms with E-state index in [1.807, 2.05) is 36.4 Å². The summed E-state index contributed by atoms with van der Waals surface area (Å²) < 4.78 is 10.3. The van der Waals surface area contributed by atoms with Crippen LogP contribution in [0, 0.1) is 0 Å². The number of hydrogen-bond donors (Lipinski definition) is 0. The minimum atomic E-state index is -0.880. The van der Waals surface area contributed by atoms with E-state index in [1.54, 1.807) is 19.5 Å². The predicted molar refractivity (Wildman–Crippen MR) is 69.9 cm³/mol. The minimum absolute atomic E-state index is 0.326. The van der Waals surface area contributed by atoms with E-state index < -0.39 is 5.54 Å². The average molecular weight is 255 g/mol. The van der Waals surface area contributed by atoms with E-state index in [2.05, 4.69) is 4.99 Å². The lowest BCUT2D eigenvalue weighted by molar-refractivity contribution is -0.138. The summed E-state index contributed by atoms with van der Waals surface area (Å²) in [6, 6.07) is 11.3. The normalized spacial score (nSPS) is 22.2. The van der Waals surface area contributed by atoms with Crippen molar-refractivity contribution in [2.75, 3.05) is 0 Å². The zero-order chi connectivity index (χ0) is 13.3. The van der Waals surface area contributed by atoms with Crippen molar-refractivity contribution in [3.63, 3.8) is 0 Å². The molecule has 1 atom stereocenters. The van der Waals surface area contributed by atoms with Gasteiger partial charge in [0.2, 0.25) is 5.90 Å². The molecule has 2 aromatic rings. The molecule has 1 aromatic carbocycles. The maximum atomic E-state index is 12.0. The Kier molecular flexibility index (Phi) is 2.71. The van der Waals surface area contributed by atoms with Gasteiger partial charge in [-0.1, -0.05) is 18.2 Å². The fraction of sp³-hybridized carbons (Fsp3) is 0.200. The Hall–Kier alpha value is -2.36. The molecular formula is C15H13NO3. The van der Waals surface area contributed by atoms with Crippen LogP contribution in [-0.2, 0) is 16.0 Å². The largest absolute Gasteiger partial charge is 0.472 e. The first-order valence-electron chi connectivity index (χ1n) is 6.06. The number of aliphatic imine (C=N–C) groups is 1. The standard InChI is InChI=1S/C15H13NO3/c1-15(9-11-7-8-18-10-11)14(17)19-13(16-15)12-5-3-2-4-6-12/h2-8,10H,9H2,1H3/t15-/m0/s1. The van der Waals surface area contributed by atoms with Crippen molar-refractivity contribution in [1.82, 2.24) is 0 Å². The molecule has 1 aliphatic rings. The molecule has 0 unspecified atom stereocenters. The number of hydrogen-bond acceptors (Lipinski definition) is 4. The fourth-order valence-electron chi connectivity index (χ4n) is 2.10. The highest BCUT2D eigenvalue weighted by atomic mass is 16.6. The highest BCUT2D eigenvalue weighted by Crippen LogP contribution is 2.27. The number of benzene rings is 1. The number of nitrogens with zero attached hydrogens (tertiary/aromatic N) is 1. The van der Waals surface area contributed by atoms with Crippen LogP contribution in [0.25, 0.3) is 0 Å². The Morgan fingerprint density at radius 2 is 2.00 bits per heavy atom. The molecular weight excluding hydrogens is 242 g/mol. The second-order valence-electron chi connectivity index (χ2n) is 4.75. The van der Waals surface area contributed by atoms with Crippen molar-refractivity contribution in [2.45, 2.75) is 18.9 Å². The summed E-state index contributed by atoms with van der Waals surface area (Å²) in [5, 5.41) is 0. The molecule has 3 rings (SSSR count). The van der Waals surface area contributed by atoms with Crippen LogP contribution in [-0.4, -0.2) is 17.4 Å². The fourth-order valence-corrected chi connectivity index (χ4v) is 2.10. The van der Waals surface area contributed by atoms with Gasteiger partial charge in [-0.15, -0.1) is 0 Å². The lowest BCUT2D eigenvalue weighted by Crippen LogP contribution is -2.32. The Morgan fingerprint density at radius 3 is 2.68 bits per heavy atom. The van der Waals surface area contributed by atoms with Gasteiger partial charge in [0.15, 0.2) is 5.54 Å². The first-order chi connectivity index (χ1) is 9.17.